The quantitative estimate of drug-likeness (QED) is 0.315. The number of hydrazone groups is 1. The predicted octanol–water partition coefficient (Wildman–Crippen LogP) is 6.54. The van der Waals surface area contributed by atoms with Crippen molar-refractivity contribution in [3.8, 4) is 0 Å². The number of hydrogen-bond acceptors (Lipinski definition) is 4. The summed E-state index contributed by atoms with van der Waals surface area (Å²) in [5.74, 6) is 0.871. The van der Waals surface area contributed by atoms with E-state index >= 15 is 0 Å². The molecular weight excluding hydrogens is 430 g/mol. The topological polar surface area (TPSA) is 45.5 Å². The minimum Gasteiger partial charge on any atom is -0.352 e. The Morgan fingerprint density at radius 3 is 2.23 bits per heavy atom. The average molecular weight is 458 g/mol. The normalized spacial score (nSPS) is 15.4. The van der Waals surface area contributed by atoms with Crippen molar-refractivity contribution in [3.05, 3.63) is 126 Å². The first-order valence-corrected chi connectivity index (χ1v) is 12.0. The Morgan fingerprint density at radius 2 is 1.49 bits per heavy atom. The van der Waals surface area contributed by atoms with E-state index in [1.165, 1.54) is 16.7 Å². The fourth-order valence-corrected chi connectivity index (χ4v) is 4.74. The summed E-state index contributed by atoms with van der Waals surface area (Å²) in [6, 6.07) is 38.2. The number of nitrogens with one attached hydrogen (secondary N) is 1. The molecule has 1 atom stereocenters. The lowest BCUT2D eigenvalue weighted by Gasteiger charge is -2.24. The summed E-state index contributed by atoms with van der Waals surface area (Å²) in [5.41, 5.74) is 7.99. The molecule has 172 valence electrons. The largest absolute Gasteiger partial charge is 0.352 e. The van der Waals surface area contributed by atoms with Crippen LogP contribution in [0.2, 0.25) is 0 Å². The van der Waals surface area contributed by atoms with Gasteiger partial charge in [-0.1, -0.05) is 84.9 Å². The Bertz CT molecular complexity index is 1470. The van der Waals surface area contributed by atoms with E-state index in [9.17, 15) is 0 Å². The molecule has 2 heterocycles. The van der Waals surface area contributed by atoms with Gasteiger partial charge < -0.3 is 9.88 Å². The summed E-state index contributed by atoms with van der Waals surface area (Å²) in [6.45, 7) is 0.706. The summed E-state index contributed by atoms with van der Waals surface area (Å²) in [6.07, 6.45) is 0.879. The van der Waals surface area contributed by atoms with E-state index in [-0.39, 0.29) is 6.04 Å². The summed E-state index contributed by atoms with van der Waals surface area (Å²) < 4.78 is 2.10. The molecule has 0 saturated heterocycles. The molecule has 0 radical (unpaired) electrons. The average Bonchev–Trinajstić information content (AvgIpc) is 3.51. The van der Waals surface area contributed by atoms with Gasteiger partial charge in [0.05, 0.1) is 28.5 Å². The summed E-state index contributed by atoms with van der Waals surface area (Å²) in [4.78, 5) is 4.71. The van der Waals surface area contributed by atoms with Gasteiger partial charge in [0.2, 0.25) is 5.95 Å². The molecule has 5 nitrogen and oxygen atoms in total. The Morgan fingerprint density at radius 1 is 0.800 bits per heavy atom. The molecule has 1 N–H and O–H groups in total. The van der Waals surface area contributed by atoms with Crippen molar-refractivity contribution in [2.75, 3.05) is 10.3 Å². The third-order valence-electron chi connectivity index (χ3n) is 6.64. The van der Waals surface area contributed by atoms with Crippen molar-refractivity contribution in [1.82, 2.24) is 9.55 Å². The van der Waals surface area contributed by atoms with Crippen molar-refractivity contribution in [2.24, 2.45) is 12.1 Å². The fraction of sp³-hybridized carbons (Fsp3) is 0.133. The van der Waals surface area contributed by atoms with E-state index < -0.39 is 0 Å². The van der Waals surface area contributed by atoms with Gasteiger partial charge in [0, 0.05) is 20.0 Å². The monoisotopic (exact) mass is 457 g/mol. The van der Waals surface area contributed by atoms with Gasteiger partial charge in [0.15, 0.2) is 0 Å². The van der Waals surface area contributed by atoms with Gasteiger partial charge in [0.1, 0.15) is 0 Å². The third-order valence-corrected chi connectivity index (χ3v) is 6.64. The van der Waals surface area contributed by atoms with Gasteiger partial charge in [0.25, 0.3) is 0 Å². The van der Waals surface area contributed by atoms with Crippen LogP contribution in [-0.2, 0) is 13.6 Å². The van der Waals surface area contributed by atoms with E-state index in [1.807, 2.05) is 31.3 Å². The molecular formula is C30H27N5. The highest BCUT2D eigenvalue weighted by molar-refractivity contribution is 6.03. The molecule has 0 fully saturated rings. The van der Waals surface area contributed by atoms with Crippen LogP contribution in [0, 0.1) is 0 Å². The first kappa shape index (κ1) is 21.2. The number of hydrogen-bond donors (Lipinski definition) is 1. The molecule has 0 bridgehead atoms. The van der Waals surface area contributed by atoms with Crippen molar-refractivity contribution in [3.63, 3.8) is 0 Å². The smallest absolute Gasteiger partial charge is 0.203 e. The number of imidazole rings is 1. The van der Waals surface area contributed by atoms with Crippen LogP contribution < -0.4 is 10.3 Å². The number of anilines is 2. The third kappa shape index (κ3) is 4.17. The number of nitrogens with zero attached hydrogens (tertiary/aromatic N) is 4. The maximum atomic E-state index is 5.07. The maximum Gasteiger partial charge on any atom is 0.203 e. The second kappa shape index (κ2) is 9.11. The fourth-order valence-electron chi connectivity index (χ4n) is 4.74. The number of rotatable bonds is 6. The standard InChI is InChI=1S/C30H27N5/c1-34-28-15-9-8-14-26(28)32-30(34)31-21-22-16-18-25(19-17-22)35-29(24-12-6-3-7-13-24)20-27(33-35)23-10-4-2-5-11-23/h2-19,29H,20-21H2,1H3,(H,31,32)/t29-/m0/s1. The molecule has 0 unspecified atom stereocenters. The molecule has 35 heavy (non-hydrogen) atoms. The van der Waals surface area contributed by atoms with Gasteiger partial charge in [-0.25, -0.2) is 4.98 Å². The number of benzene rings is 4. The minimum atomic E-state index is 0.176. The Balaban J connectivity index is 1.24. The zero-order chi connectivity index (χ0) is 23.6. The zero-order valence-electron chi connectivity index (χ0n) is 19.7. The van der Waals surface area contributed by atoms with Crippen LogP contribution in [0.25, 0.3) is 11.0 Å². The highest BCUT2D eigenvalue weighted by Crippen LogP contribution is 2.36. The molecule has 0 saturated carbocycles. The molecule has 0 spiro atoms. The Hall–Kier alpha value is -4.38. The zero-order valence-corrected chi connectivity index (χ0v) is 19.7. The Kier molecular flexibility index (Phi) is 5.51. The molecule has 6 rings (SSSR count). The first-order valence-electron chi connectivity index (χ1n) is 12.0. The molecule has 0 amide bonds. The molecule has 5 aromatic rings. The highest BCUT2D eigenvalue weighted by Gasteiger charge is 2.29. The van der Waals surface area contributed by atoms with Crippen LogP contribution in [0.3, 0.4) is 0 Å². The van der Waals surface area contributed by atoms with Crippen LogP contribution in [0.15, 0.2) is 114 Å². The minimum absolute atomic E-state index is 0.176. The second-order valence-corrected chi connectivity index (χ2v) is 8.89. The lowest BCUT2D eigenvalue weighted by atomic mass is 9.98. The van der Waals surface area contributed by atoms with Crippen LogP contribution >= 0.6 is 0 Å². The first-order chi connectivity index (χ1) is 17.3. The number of para-hydroxylation sites is 2. The number of aryl methyl sites for hydroxylation is 1. The van der Waals surface area contributed by atoms with Crippen molar-refractivity contribution in [1.29, 1.82) is 0 Å². The van der Waals surface area contributed by atoms with E-state index in [1.54, 1.807) is 0 Å². The molecule has 1 aromatic heterocycles. The Labute approximate surface area is 205 Å². The highest BCUT2D eigenvalue weighted by atomic mass is 15.5. The maximum absolute atomic E-state index is 5.07. The van der Waals surface area contributed by atoms with Crippen molar-refractivity contribution in [2.45, 2.75) is 19.0 Å². The van der Waals surface area contributed by atoms with Gasteiger partial charge in [-0.15, -0.1) is 0 Å². The molecule has 4 aromatic carbocycles. The van der Waals surface area contributed by atoms with Gasteiger partial charge in [-0.05, 0) is 41.0 Å². The SMILES string of the molecule is Cn1c(NCc2ccc(N3N=C(c4ccccc4)C[C@H]3c3ccccc3)cc2)nc2ccccc21. The van der Waals surface area contributed by atoms with Gasteiger partial charge in [-0.3, -0.25) is 5.01 Å². The van der Waals surface area contributed by atoms with Crippen LogP contribution in [-0.4, -0.2) is 15.3 Å². The van der Waals surface area contributed by atoms with E-state index in [0.717, 1.165) is 34.8 Å². The molecule has 0 aliphatic carbocycles. The van der Waals surface area contributed by atoms with E-state index in [0.29, 0.717) is 6.54 Å². The summed E-state index contributed by atoms with van der Waals surface area (Å²) >= 11 is 0. The molecule has 1 aliphatic heterocycles. The van der Waals surface area contributed by atoms with Crippen LogP contribution in [0.5, 0.6) is 0 Å². The van der Waals surface area contributed by atoms with E-state index in [2.05, 4.69) is 99.8 Å². The van der Waals surface area contributed by atoms with Gasteiger partial charge in [-0.2, -0.15) is 5.10 Å². The van der Waals surface area contributed by atoms with Crippen LogP contribution in [0.1, 0.15) is 29.2 Å². The van der Waals surface area contributed by atoms with E-state index in [4.69, 9.17) is 10.1 Å². The van der Waals surface area contributed by atoms with Crippen molar-refractivity contribution >= 4 is 28.4 Å². The molecule has 5 heteroatoms. The molecule has 1 aliphatic rings. The number of fused-ring (bicyclic) bond motifs is 1. The lowest BCUT2D eigenvalue weighted by Crippen LogP contribution is -2.18. The predicted molar refractivity (Wildman–Crippen MR) is 144 cm³/mol. The second-order valence-electron chi connectivity index (χ2n) is 8.89. The summed E-state index contributed by atoms with van der Waals surface area (Å²) in [7, 11) is 2.04. The lowest BCUT2D eigenvalue weighted by molar-refractivity contribution is 0.709. The summed E-state index contributed by atoms with van der Waals surface area (Å²) in [5, 5.41) is 10.7. The van der Waals surface area contributed by atoms with Gasteiger partial charge >= 0.3 is 0 Å². The number of aromatic nitrogens is 2. The van der Waals surface area contributed by atoms with Crippen LogP contribution in [0.4, 0.5) is 11.6 Å². The van der Waals surface area contributed by atoms with Crippen molar-refractivity contribution < 1.29 is 0 Å².